The van der Waals surface area contributed by atoms with Crippen LogP contribution in [0.4, 0.5) is 10.8 Å². The zero-order valence-corrected chi connectivity index (χ0v) is 18.9. The molecule has 1 aliphatic heterocycles. The second kappa shape index (κ2) is 9.47. The summed E-state index contributed by atoms with van der Waals surface area (Å²) in [7, 11) is 0. The number of aryl methyl sites for hydroxylation is 1. The fourth-order valence-corrected chi connectivity index (χ4v) is 4.75. The van der Waals surface area contributed by atoms with Crippen LogP contribution in [-0.4, -0.2) is 46.0 Å². The number of thiazole rings is 1. The van der Waals surface area contributed by atoms with Gasteiger partial charge in [0.05, 0.1) is 0 Å². The summed E-state index contributed by atoms with van der Waals surface area (Å²) in [6.45, 7) is 5.81. The van der Waals surface area contributed by atoms with Crippen molar-refractivity contribution in [3.63, 3.8) is 0 Å². The Hall–Kier alpha value is -3.27. The Balaban J connectivity index is 1.44. The van der Waals surface area contributed by atoms with Gasteiger partial charge in [-0.25, -0.2) is 4.98 Å². The number of piperidine rings is 1. The highest BCUT2D eigenvalue weighted by molar-refractivity contribution is 7.22. The lowest BCUT2D eigenvalue weighted by Gasteiger charge is -2.30. The van der Waals surface area contributed by atoms with Crippen molar-refractivity contribution in [2.45, 2.75) is 33.2 Å². The van der Waals surface area contributed by atoms with E-state index in [0.29, 0.717) is 35.7 Å². The Morgan fingerprint density at radius 1 is 1.19 bits per heavy atom. The van der Waals surface area contributed by atoms with Crippen LogP contribution in [-0.2, 0) is 16.1 Å². The van der Waals surface area contributed by atoms with E-state index >= 15 is 0 Å². The van der Waals surface area contributed by atoms with Gasteiger partial charge in [0, 0.05) is 31.2 Å². The molecule has 1 aromatic carbocycles. The average molecular weight is 455 g/mol. The predicted octanol–water partition coefficient (Wildman–Crippen LogP) is 2.15. The summed E-state index contributed by atoms with van der Waals surface area (Å²) >= 11 is 1.28. The van der Waals surface area contributed by atoms with Crippen molar-refractivity contribution in [1.29, 1.82) is 0 Å². The average Bonchev–Trinajstić information content (AvgIpc) is 3.23. The molecule has 4 rings (SSSR count). The summed E-state index contributed by atoms with van der Waals surface area (Å²) in [6, 6.07) is 7.46. The number of anilines is 2. The van der Waals surface area contributed by atoms with Gasteiger partial charge in [-0.3, -0.25) is 19.0 Å². The fraction of sp³-hybridized carbons (Fsp3) is 0.409. The second-order valence-corrected chi connectivity index (χ2v) is 8.87. The highest BCUT2D eigenvalue weighted by Gasteiger charge is 2.26. The summed E-state index contributed by atoms with van der Waals surface area (Å²) < 4.78 is 1.73. The number of rotatable bonds is 6. The van der Waals surface area contributed by atoms with Crippen LogP contribution in [0.5, 0.6) is 0 Å². The molecule has 168 valence electrons. The summed E-state index contributed by atoms with van der Waals surface area (Å²) in [6.07, 6.45) is 2.86. The molecule has 0 bridgehead atoms. The molecule has 2 amide bonds. The van der Waals surface area contributed by atoms with E-state index in [1.54, 1.807) is 0 Å². The Morgan fingerprint density at radius 2 is 1.91 bits per heavy atom. The van der Waals surface area contributed by atoms with Crippen LogP contribution in [0.2, 0.25) is 0 Å². The molecular weight excluding hydrogens is 428 g/mol. The standard InChI is InChI=1S/C22H26N6O3S/c1-3-23-20(30)15-8-10-27(11-9-15)22-26-19-18(32-22)21(31)28(13-24-19)12-17(29)25-16-6-4-14(2)5-7-16/h4-7,13,15H,3,8-12H2,1-2H3,(H,23,30)(H,25,29). The SMILES string of the molecule is CCNC(=O)C1CCN(c2nc3ncn(CC(=O)Nc4ccc(C)cc4)c(=O)c3s2)CC1. The minimum Gasteiger partial charge on any atom is -0.356 e. The molecule has 9 nitrogen and oxygen atoms in total. The molecule has 0 spiro atoms. The lowest BCUT2D eigenvalue weighted by atomic mass is 9.96. The largest absolute Gasteiger partial charge is 0.356 e. The van der Waals surface area contributed by atoms with E-state index in [-0.39, 0.29) is 29.8 Å². The number of carbonyl (C=O) groups is 2. The van der Waals surface area contributed by atoms with Gasteiger partial charge in [-0.15, -0.1) is 0 Å². The van der Waals surface area contributed by atoms with Gasteiger partial charge in [-0.2, -0.15) is 4.98 Å². The summed E-state index contributed by atoms with van der Waals surface area (Å²) in [5, 5.41) is 6.40. The second-order valence-electron chi connectivity index (χ2n) is 7.90. The molecule has 32 heavy (non-hydrogen) atoms. The Labute approximate surface area is 189 Å². The molecule has 1 fully saturated rings. The topological polar surface area (TPSA) is 109 Å². The molecule has 3 heterocycles. The van der Waals surface area contributed by atoms with Gasteiger partial charge in [0.25, 0.3) is 5.56 Å². The minimum absolute atomic E-state index is 0.0166. The molecular formula is C22H26N6O3S. The van der Waals surface area contributed by atoms with Crippen LogP contribution in [0.3, 0.4) is 0 Å². The first-order valence-corrected chi connectivity index (χ1v) is 11.5. The molecule has 0 aliphatic carbocycles. The first-order valence-electron chi connectivity index (χ1n) is 10.7. The van der Waals surface area contributed by atoms with Crippen molar-refractivity contribution in [3.8, 4) is 0 Å². The van der Waals surface area contributed by atoms with Crippen molar-refractivity contribution < 1.29 is 9.59 Å². The quantitative estimate of drug-likeness (QED) is 0.591. The van der Waals surface area contributed by atoms with E-state index < -0.39 is 0 Å². The maximum absolute atomic E-state index is 12.9. The number of nitrogens with one attached hydrogen (secondary N) is 2. The van der Waals surface area contributed by atoms with Gasteiger partial charge < -0.3 is 15.5 Å². The number of amides is 2. The van der Waals surface area contributed by atoms with E-state index in [4.69, 9.17) is 0 Å². The van der Waals surface area contributed by atoms with E-state index in [2.05, 4.69) is 25.5 Å². The van der Waals surface area contributed by atoms with Gasteiger partial charge in [0.15, 0.2) is 10.8 Å². The number of fused-ring (bicyclic) bond motifs is 1. The van der Waals surface area contributed by atoms with Crippen molar-refractivity contribution in [2.24, 2.45) is 5.92 Å². The van der Waals surface area contributed by atoms with E-state index in [0.717, 1.165) is 23.5 Å². The molecule has 2 aromatic heterocycles. The monoisotopic (exact) mass is 454 g/mol. The van der Waals surface area contributed by atoms with E-state index in [1.807, 2.05) is 38.1 Å². The molecule has 1 aliphatic rings. The Morgan fingerprint density at radius 3 is 2.59 bits per heavy atom. The maximum atomic E-state index is 12.9. The third-order valence-corrected chi connectivity index (χ3v) is 6.60. The van der Waals surface area contributed by atoms with Crippen LogP contribution in [0.1, 0.15) is 25.3 Å². The van der Waals surface area contributed by atoms with Crippen molar-refractivity contribution >= 4 is 44.3 Å². The molecule has 2 N–H and O–H groups in total. The molecule has 10 heteroatoms. The highest BCUT2D eigenvalue weighted by atomic mass is 32.1. The van der Waals surface area contributed by atoms with Crippen LogP contribution in [0, 0.1) is 12.8 Å². The first kappa shape index (κ1) is 21.9. The third-order valence-electron chi connectivity index (χ3n) is 5.51. The maximum Gasteiger partial charge on any atom is 0.273 e. The van der Waals surface area contributed by atoms with E-state index in [9.17, 15) is 14.4 Å². The third kappa shape index (κ3) is 4.80. The van der Waals surface area contributed by atoms with Crippen LogP contribution >= 0.6 is 11.3 Å². The summed E-state index contributed by atoms with van der Waals surface area (Å²) in [4.78, 5) is 48.3. The van der Waals surface area contributed by atoms with Gasteiger partial charge in [0.2, 0.25) is 11.8 Å². The number of aromatic nitrogens is 3. The van der Waals surface area contributed by atoms with Gasteiger partial charge in [0.1, 0.15) is 17.6 Å². The minimum atomic E-state index is -0.297. The van der Waals surface area contributed by atoms with Crippen LogP contribution in [0.25, 0.3) is 10.3 Å². The molecule has 0 unspecified atom stereocenters. The lowest BCUT2D eigenvalue weighted by Crippen LogP contribution is -2.40. The lowest BCUT2D eigenvalue weighted by molar-refractivity contribution is -0.125. The molecule has 3 aromatic rings. The Bertz CT molecular complexity index is 1180. The first-order chi connectivity index (χ1) is 15.4. The van der Waals surface area contributed by atoms with Gasteiger partial charge >= 0.3 is 0 Å². The van der Waals surface area contributed by atoms with Crippen molar-refractivity contribution in [1.82, 2.24) is 19.9 Å². The molecule has 0 saturated carbocycles. The van der Waals surface area contributed by atoms with E-state index in [1.165, 1.54) is 22.2 Å². The zero-order valence-electron chi connectivity index (χ0n) is 18.1. The normalized spacial score (nSPS) is 14.5. The fourth-order valence-electron chi connectivity index (χ4n) is 3.73. The van der Waals surface area contributed by atoms with Crippen molar-refractivity contribution in [3.05, 3.63) is 46.5 Å². The molecule has 0 atom stereocenters. The summed E-state index contributed by atoms with van der Waals surface area (Å²) in [5.74, 6) is -0.179. The Kier molecular flexibility index (Phi) is 6.50. The molecule has 1 saturated heterocycles. The highest BCUT2D eigenvalue weighted by Crippen LogP contribution is 2.29. The van der Waals surface area contributed by atoms with Crippen LogP contribution < -0.4 is 21.1 Å². The van der Waals surface area contributed by atoms with Gasteiger partial charge in [-0.05, 0) is 38.8 Å². The number of hydrogen-bond donors (Lipinski definition) is 2. The number of hydrogen-bond acceptors (Lipinski definition) is 7. The number of benzene rings is 1. The van der Waals surface area contributed by atoms with Gasteiger partial charge in [-0.1, -0.05) is 29.0 Å². The predicted molar refractivity (Wildman–Crippen MR) is 125 cm³/mol. The molecule has 0 radical (unpaired) electrons. The zero-order chi connectivity index (χ0) is 22.7. The number of carbonyl (C=O) groups excluding carboxylic acids is 2. The number of nitrogens with zero attached hydrogens (tertiary/aromatic N) is 4. The smallest absolute Gasteiger partial charge is 0.273 e. The van der Waals surface area contributed by atoms with Crippen LogP contribution in [0.15, 0.2) is 35.4 Å². The van der Waals surface area contributed by atoms with Crippen molar-refractivity contribution in [2.75, 3.05) is 29.9 Å². The summed E-state index contributed by atoms with van der Waals surface area (Å²) in [5.41, 5.74) is 1.88.